The molecule has 2 atom stereocenters. The van der Waals surface area contributed by atoms with E-state index in [2.05, 4.69) is 5.32 Å². The summed E-state index contributed by atoms with van der Waals surface area (Å²) in [5.41, 5.74) is 4.22. The van der Waals surface area contributed by atoms with Crippen LogP contribution in [0.3, 0.4) is 0 Å². The van der Waals surface area contributed by atoms with E-state index in [1.807, 2.05) is 0 Å². The highest BCUT2D eigenvalue weighted by molar-refractivity contribution is 5.84. The van der Waals surface area contributed by atoms with Gasteiger partial charge >= 0.3 is 12.2 Å². The van der Waals surface area contributed by atoms with Crippen molar-refractivity contribution < 1.29 is 28.7 Å². The number of nitrogens with zero attached hydrogens (tertiary/aromatic N) is 1. The van der Waals surface area contributed by atoms with Crippen LogP contribution in [0.1, 0.15) is 34.1 Å². The van der Waals surface area contributed by atoms with Crippen LogP contribution in [0.4, 0.5) is 9.59 Å². The Bertz CT molecular complexity index is 421. The average Bonchev–Trinajstić information content (AvgIpc) is 2.40. The van der Waals surface area contributed by atoms with Gasteiger partial charge in [-0.25, -0.2) is 14.7 Å². The molecule has 0 aliphatic heterocycles. The number of hydroxylamine groups is 2. The molecule has 134 valence electrons. The zero-order valence-electron chi connectivity index (χ0n) is 14.5. The molecule has 9 nitrogen and oxygen atoms in total. The summed E-state index contributed by atoms with van der Waals surface area (Å²) in [5, 5.41) is 3.51. The molecule has 3 N–H and O–H groups in total. The minimum atomic E-state index is -0.895. The molecule has 0 bridgehead atoms. The number of hydrogen-bond acceptors (Lipinski definition) is 6. The minimum absolute atomic E-state index is 0.0335. The van der Waals surface area contributed by atoms with Gasteiger partial charge in [0.1, 0.15) is 11.6 Å². The number of carbonyl (C=O) groups is 3. The molecule has 0 aliphatic carbocycles. The van der Waals surface area contributed by atoms with Gasteiger partial charge in [0.2, 0.25) is 0 Å². The van der Waals surface area contributed by atoms with E-state index in [1.165, 1.54) is 14.2 Å². The maximum Gasteiger partial charge on any atom is 0.408 e. The summed E-state index contributed by atoms with van der Waals surface area (Å²) in [7, 11) is 2.76. The molecule has 0 saturated carbocycles. The molecule has 0 aliphatic rings. The highest BCUT2D eigenvalue weighted by Gasteiger charge is 2.28. The maximum absolute atomic E-state index is 12.2. The monoisotopic (exact) mass is 333 g/mol. The number of amides is 3. The van der Waals surface area contributed by atoms with Crippen LogP contribution in [0.5, 0.6) is 0 Å². The number of nitrogens with one attached hydrogen (secondary N) is 1. The van der Waals surface area contributed by atoms with E-state index in [9.17, 15) is 14.4 Å². The third-order valence-corrected chi connectivity index (χ3v) is 2.72. The Hall–Kier alpha value is -2.03. The highest BCUT2D eigenvalue weighted by atomic mass is 16.7. The van der Waals surface area contributed by atoms with E-state index in [-0.39, 0.29) is 18.9 Å². The number of primary amides is 1. The van der Waals surface area contributed by atoms with Crippen LogP contribution < -0.4 is 11.1 Å². The third-order valence-electron chi connectivity index (χ3n) is 2.72. The van der Waals surface area contributed by atoms with Crippen LogP contribution in [-0.4, -0.2) is 55.6 Å². The van der Waals surface area contributed by atoms with E-state index in [4.69, 9.17) is 20.0 Å². The molecule has 23 heavy (non-hydrogen) atoms. The van der Waals surface area contributed by atoms with Gasteiger partial charge in [-0.3, -0.25) is 9.63 Å². The number of ether oxygens (including phenoxy) is 2. The normalized spacial score (nSPS) is 13.7. The second kappa shape index (κ2) is 9.19. The molecule has 0 aromatic carbocycles. The molecule has 0 fully saturated rings. The van der Waals surface area contributed by atoms with Crippen molar-refractivity contribution in [3.63, 3.8) is 0 Å². The Kier molecular flexibility index (Phi) is 8.38. The molecule has 3 amide bonds. The van der Waals surface area contributed by atoms with E-state index in [1.54, 1.807) is 27.7 Å². The molecule has 0 radical (unpaired) electrons. The number of likely N-dealkylation sites (N-methyl/N-ethyl adjacent to an activating group) is 1. The third kappa shape index (κ3) is 9.56. The lowest BCUT2D eigenvalue weighted by Gasteiger charge is -2.26. The van der Waals surface area contributed by atoms with Crippen LogP contribution >= 0.6 is 0 Å². The summed E-state index contributed by atoms with van der Waals surface area (Å²) in [6, 6.07) is -0.888. The Morgan fingerprint density at radius 3 is 2.26 bits per heavy atom. The van der Waals surface area contributed by atoms with Crippen molar-refractivity contribution in [2.45, 2.75) is 45.8 Å². The summed E-state index contributed by atoms with van der Waals surface area (Å²) in [6.07, 6.45) is -1.39. The average molecular weight is 333 g/mol. The fourth-order valence-electron chi connectivity index (χ4n) is 1.68. The Morgan fingerprint density at radius 2 is 1.83 bits per heavy atom. The predicted molar refractivity (Wildman–Crippen MR) is 82.3 cm³/mol. The first-order valence-electron chi connectivity index (χ1n) is 7.19. The van der Waals surface area contributed by atoms with Crippen molar-refractivity contribution in [2.75, 3.05) is 20.8 Å². The molecule has 0 saturated heterocycles. The quantitative estimate of drug-likeness (QED) is 0.671. The van der Waals surface area contributed by atoms with Gasteiger partial charge in [-0.15, -0.1) is 0 Å². The summed E-state index contributed by atoms with van der Waals surface area (Å²) < 4.78 is 9.84. The lowest BCUT2D eigenvalue weighted by atomic mass is 10.0. The second-order valence-corrected chi connectivity index (χ2v) is 6.19. The summed E-state index contributed by atoms with van der Waals surface area (Å²) >= 11 is 0. The smallest absolute Gasteiger partial charge is 0.408 e. The molecule has 0 aromatic heterocycles. The van der Waals surface area contributed by atoms with Gasteiger partial charge in [-0.05, 0) is 33.1 Å². The topological polar surface area (TPSA) is 120 Å². The van der Waals surface area contributed by atoms with Gasteiger partial charge in [0.25, 0.3) is 5.91 Å². The van der Waals surface area contributed by atoms with Crippen LogP contribution in [0, 0.1) is 5.92 Å². The number of nitrogens with two attached hydrogens (primary N) is 1. The Morgan fingerprint density at radius 1 is 1.26 bits per heavy atom. The number of carbonyl (C=O) groups excluding carboxylic acids is 3. The van der Waals surface area contributed by atoms with Crippen molar-refractivity contribution in [3.8, 4) is 0 Å². The predicted octanol–water partition coefficient (Wildman–Crippen LogP) is 1.02. The zero-order valence-corrected chi connectivity index (χ0v) is 14.5. The zero-order chi connectivity index (χ0) is 18.2. The largest absolute Gasteiger partial charge is 0.449 e. The van der Waals surface area contributed by atoms with Crippen molar-refractivity contribution in [3.05, 3.63) is 0 Å². The first-order chi connectivity index (χ1) is 10.5. The van der Waals surface area contributed by atoms with E-state index < -0.39 is 29.7 Å². The molecule has 0 aromatic rings. The van der Waals surface area contributed by atoms with Gasteiger partial charge in [-0.2, -0.15) is 0 Å². The molecule has 0 heterocycles. The first-order valence-corrected chi connectivity index (χ1v) is 7.19. The summed E-state index contributed by atoms with van der Waals surface area (Å²) in [4.78, 5) is 39.6. The van der Waals surface area contributed by atoms with E-state index >= 15 is 0 Å². The molecule has 0 rings (SSSR count). The van der Waals surface area contributed by atoms with Crippen LogP contribution in [0.25, 0.3) is 0 Å². The number of rotatable bonds is 7. The van der Waals surface area contributed by atoms with Gasteiger partial charge < -0.3 is 20.5 Å². The Balaban J connectivity index is 4.84. The highest BCUT2D eigenvalue weighted by Crippen LogP contribution is 2.12. The van der Waals surface area contributed by atoms with Crippen LogP contribution in [0.2, 0.25) is 0 Å². The number of alkyl carbamates (subject to hydrolysis) is 1. The lowest BCUT2D eigenvalue weighted by molar-refractivity contribution is -0.171. The van der Waals surface area contributed by atoms with Gasteiger partial charge in [0, 0.05) is 7.05 Å². The lowest BCUT2D eigenvalue weighted by Crippen LogP contribution is -2.49. The fourth-order valence-corrected chi connectivity index (χ4v) is 1.68. The molecule has 9 heteroatoms. The summed E-state index contributed by atoms with van der Waals surface area (Å²) in [5.74, 6) is -0.666. The molecule has 0 unspecified atom stereocenters. The van der Waals surface area contributed by atoms with Crippen molar-refractivity contribution in [1.29, 1.82) is 0 Å². The van der Waals surface area contributed by atoms with Gasteiger partial charge in [-0.1, -0.05) is 6.92 Å². The molecule has 0 spiro atoms. The summed E-state index contributed by atoms with van der Waals surface area (Å²) in [6.45, 7) is 6.94. The Labute approximate surface area is 136 Å². The van der Waals surface area contributed by atoms with Gasteiger partial charge in [0.05, 0.1) is 13.7 Å². The van der Waals surface area contributed by atoms with Crippen LogP contribution in [-0.2, 0) is 19.1 Å². The van der Waals surface area contributed by atoms with Gasteiger partial charge in [0.15, 0.2) is 0 Å². The maximum atomic E-state index is 12.2. The van der Waals surface area contributed by atoms with Crippen molar-refractivity contribution >= 4 is 18.1 Å². The SMILES string of the molecule is CON(C)C(=O)[C@H](C[C@@H](C)COC(N)=O)NC(=O)OC(C)(C)C. The first kappa shape index (κ1) is 21.0. The minimum Gasteiger partial charge on any atom is -0.449 e. The second-order valence-electron chi connectivity index (χ2n) is 6.19. The standard InChI is InChI=1S/C14H27N3O6/c1-9(8-22-12(15)19)7-10(11(18)17(5)21-6)16-13(20)23-14(2,3)4/h9-10H,7-8H2,1-6H3,(H2,15,19)(H,16,20)/t9-,10+/m1/s1. The van der Waals surface area contributed by atoms with Crippen molar-refractivity contribution in [2.24, 2.45) is 11.7 Å². The van der Waals surface area contributed by atoms with Crippen LogP contribution in [0.15, 0.2) is 0 Å². The van der Waals surface area contributed by atoms with E-state index in [0.29, 0.717) is 0 Å². The van der Waals surface area contributed by atoms with Crippen molar-refractivity contribution in [1.82, 2.24) is 10.4 Å². The molecular weight excluding hydrogens is 306 g/mol. The molecular formula is C14H27N3O6. The van der Waals surface area contributed by atoms with E-state index in [0.717, 1.165) is 5.06 Å². The fraction of sp³-hybridized carbons (Fsp3) is 0.786. The number of hydrogen-bond donors (Lipinski definition) is 2.